The first-order chi connectivity index (χ1) is 12.7. The maximum absolute atomic E-state index is 10.7. The number of phenolic OH excluding ortho intramolecular Hbond substituents is 1. The fraction of sp³-hybridized carbons (Fsp3) is 0.250. The molecule has 0 aliphatic heterocycles. The van der Waals surface area contributed by atoms with E-state index in [4.69, 9.17) is 9.84 Å². The van der Waals surface area contributed by atoms with Crippen molar-refractivity contribution in [2.75, 3.05) is 11.9 Å². The number of anilines is 2. The van der Waals surface area contributed by atoms with Crippen LogP contribution in [-0.2, 0) is 10.2 Å². The molecule has 0 radical (unpaired) electrons. The van der Waals surface area contributed by atoms with Gasteiger partial charge in [0.05, 0.1) is 5.52 Å². The van der Waals surface area contributed by atoms with Gasteiger partial charge in [-0.1, -0.05) is 32.9 Å². The molecule has 0 aliphatic rings. The average Bonchev–Trinajstić information content (AvgIpc) is 2.59. The molecule has 27 heavy (non-hydrogen) atoms. The van der Waals surface area contributed by atoms with E-state index < -0.39 is 12.6 Å². The molecule has 7 heteroatoms. The Balaban J connectivity index is 1.99. The number of nitrogens with zero attached hydrogens (tertiary/aromatic N) is 2. The fourth-order valence-corrected chi connectivity index (χ4v) is 2.63. The number of carbonyl (C=O) groups is 1. The third-order valence-electron chi connectivity index (χ3n) is 4.06. The Morgan fingerprint density at radius 3 is 2.67 bits per heavy atom. The number of rotatable bonds is 5. The number of fused-ring (bicyclic) bond motifs is 1. The van der Waals surface area contributed by atoms with Crippen LogP contribution in [0.2, 0.25) is 0 Å². The van der Waals surface area contributed by atoms with Crippen LogP contribution in [0.25, 0.3) is 10.9 Å². The Bertz CT molecular complexity index is 996. The third-order valence-corrected chi connectivity index (χ3v) is 4.06. The van der Waals surface area contributed by atoms with Gasteiger partial charge in [0.2, 0.25) is 0 Å². The van der Waals surface area contributed by atoms with Gasteiger partial charge in [-0.3, -0.25) is 0 Å². The van der Waals surface area contributed by atoms with Crippen LogP contribution in [0.5, 0.6) is 11.5 Å². The number of aromatic hydroxyl groups is 1. The zero-order chi connectivity index (χ0) is 19.6. The average molecular weight is 367 g/mol. The van der Waals surface area contributed by atoms with E-state index in [9.17, 15) is 9.90 Å². The van der Waals surface area contributed by atoms with Crippen LogP contribution < -0.4 is 10.1 Å². The predicted octanol–water partition coefficient (Wildman–Crippen LogP) is 3.84. The molecular formula is C20H21N3O4. The molecule has 0 bridgehead atoms. The molecule has 0 saturated carbocycles. The summed E-state index contributed by atoms with van der Waals surface area (Å²) in [5.74, 6) is -0.711. The van der Waals surface area contributed by atoms with Gasteiger partial charge >= 0.3 is 5.97 Å². The van der Waals surface area contributed by atoms with Gasteiger partial charge in [0.1, 0.15) is 12.1 Å². The van der Waals surface area contributed by atoms with Gasteiger partial charge in [-0.15, -0.1) is 0 Å². The quantitative estimate of drug-likeness (QED) is 0.629. The summed E-state index contributed by atoms with van der Waals surface area (Å²) >= 11 is 0. The van der Waals surface area contributed by atoms with Crippen molar-refractivity contribution in [2.45, 2.75) is 26.2 Å². The van der Waals surface area contributed by atoms with Gasteiger partial charge < -0.3 is 20.3 Å². The first-order valence-electron chi connectivity index (χ1n) is 8.44. The van der Waals surface area contributed by atoms with Crippen molar-refractivity contribution in [1.29, 1.82) is 0 Å². The van der Waals surface area contributed by atoms with Gasteiger partial charge in [-0.05, 0) is 29.2 Å². The molecule has 1 aromatic heterocycles. The number of carboxylic acid groups (broad SMARTS) is 1. The topological polar surface area (TPSA) is 105 Å². The van der Waals surface area contributed by atoms with Crippen molar-refractivity contribution in [3.63, 3.8) is 0 Å². The monoisotopic (exact) mass is 367 g/mol. The molecule has 0 spiro atoms. The lowest BCUT2D eigenvalue weighted by molar-refractivity contribution is -0.139. The molecule has 3 rings (SSSR count). The number of ether oxygens (including phenoxy) is 1. The van der Waals surface area contributed by atoms with E-state index in [1.165, 1.54) is 24.0 Å². The van der Waals surface area contributed by atoms with E-state index >= 15 is 0 Å². The van der Waals surface area contributed by atoms with E-state index in [1.54, 1.807) is 0 Å². The SMILES string of the molecule is CC(C)(C)c1cccc(Nc2ncnc3cc(O)c(OCC(=O)O)cc23)c1. The highest BCUT2D eigenvalue weighted by Gasteiger charge is 2.15. The summed E-state index contributed by atoms with van der Waals surface area (Å²) in [7, 11) is 0. The van der Waals surface area contributed by atoms with E-state index in [1.807, 2.05) is 12.1 Å². The molecule has 0 saturated heterocycles. The molecule has 0 aliphatic carbocycles. The van der Waals surface area contributed by atoms with Crippen LogP contribution in [0, 0.1) is 0 Å². The van der Waals surface area contributed by atoms with Crippen molar-refractivity contribution in [2.24, 2.45) is 0 Å². The van der Waals surface area contributed by atoms with E-state index in [2.05, 4.69) is 48.2 Å². The van der Waals surface area contributed by atoms with Gasteiger partial charge in [0.15, 0.2) is 18.1 Å². The van der Waals surface area contributed by atoms with Crippen LogP contribution in [0.15, 0.2) is 42.7 Å². The maximum atomic E-state index is 10.7. The summed E-state index contributed by atoms with van der Waals surface area (Å²) in [4.78, 5) is 19.2. The van der Waals surface area contributed by atoms with E-state index in [0.717, 1.165) is 5.69 Å². The lowest BCUT2D eigenvalue weighted by Crippen LogP contribution is -2.11. The van der Waals surface area contributed by atoms with Crippen molar-refractivity contribution in [3.05, 3.63) is 48.3 Å². The molecule has 3 aromatic rings. The minimum absolute atomic E-state index is 0.00899. The smallest absolute Gasteiger partial charge is 0.341 e. The molecule has 0 unspecified atom stereocenters. The molecular weight excluding hydrogens is 346 g/mol. The standard InChI is InChI=1S/C20H21N3O4/c1-20(2,3)12-5-4-6-13(7-12)23-19-14-8-17(27-10-18(25)26)16(24)9-15(14)21-11-22-19/h4-9,11,24H,10H2,1-3H3,(H,25,26)(H,21,22,23). The Hall–Kier alpha value is -3.35. The molecule has 140 valence electrons. The summed E-state index contributed by atoms with van der Waals surface area (Å²) in [5, 5.41) is 22.7. The van der Waals surface area contributed by atoms with Gasteiger partial charge in [-0.25, -0.2) is 14.8 Å². The first kappa shape index (κ1) is 18.4. The lowest BCUT2D eigenvalue weighted by atomic mass is 9.87. The zero-order valence-electron chi connectivity index (χ0n) is 15.4. The summed E-state index contributed by atoms with van der Waals surface area (Å²) in [6.45, 7) is 5.87. The Morgan fingerprint density at radius 2 is 1.96 bits per heavy atom. The minimum Gasteiger partial charge on any atom is -0.504 e. The number of aromatic nitrogens is 2. The van der Waals surface area contributed by atoms with Crippen molar-refractivity contribution >= 4 is 28.4 Å². The van der Waals surface area contributed by atoms with Crippen LogP contribution >= 0.6 is 0 Å². The maximum Gasteiger partial charge on any atom is 0.341 e. The summed E-state index contributed by atoms with van der Waals surface area (Å²) < 4.78 is 5.14. The van der Waals surface area contributed by atoms with E-state index in [0.29, 0.717) is 16.7 Å². The normalized spacial score (nSPS) is 11.4. The molecule has 0 atom stereocenters. The number of aliphatic carboxylic acids is 1. The third kappa shape index (κ3) is 4.25. The second-order valence-electron chi connectivity index (χ2n) is 7.20. The highest BCUT2D eigenvalue weighted by Crippen LogP contribution is 2.34. The second kappa shape index (κ2) is 7.11. The highest BCUT2D eigenvalue weighted by molar-refractivity contribution is 5.93. The van der Waals surface area contributed by atoms with E-state index in [-0.39, 0.29) is 16.9 Å². The predicted molar refractivity (Wildman–Crippen MR) is 103 cm³/mol. The molecule has 1 heterocycles. The number of nitrogens with one attached hydrogen (secondary N) is 1. The summed E-state index contributed by atoms with van der Waals surface area (Å²) in [6.07, 6.45) is 1.40. The number of phenols is 1. The number of hydrogen-bond acceptors (Lipinski definition) is 6. The molecule has 3 N–H and O–H groups in total. The Kier molecular flexibility index (Phi) is 4.85. The van der Waals surface area contributed by atoms with Gasteiger partial charge in [0.25, 0.3) is 0 Å². The second-order valence-corrected chi connectivity index (χ2v) is 7.20. The number of benzene rings is 2. The highest BCUT2D eigenvalue weighted by atomic mass is 16.5. The van der Waals surface area contributed by atoms with Crippen molar-refractivity contribution < 1.29 is 19.7 Å². The molecule has 7 nitrogen and oxygen atoms in total. The molecule has 0 fully saturated rings. The van der Waals surface area contributed by atoms with Crippen LogP contribution in [0.4, 0.5) is 11.5 Å². The van der Waals surface area contributed by atoms with Crippen LogP contribution in [0.1, 0.15) is 26.3 Å². The Morgan fingerprint density at radius 1 is 1.19 bits per heavy atom. The summed E-state index contributed by atoms with van der Waals surface area (Å²) in [6, 6.07) is 11.0. The lowest BCUT2D eigenvalue weighted by Gasteiger charge is -2.20. The Labute approximate surface area is 156 Å². The van der Waals surface area contributed by atoms with Crippen LogP contribution in [0.3, 0.4) is 0 Å². The zero-order valence-corrected chi connectivity index (χ0v) is 15.4. The van der Waals surface area contributed by atoms with Crippen LogP contribution in [-0.4, -0.2) is 32.8 Å². The van der Waals surface area contributed by atoms with Gasteiger partial charge in [-0.2, -0.15) is 0 Å². The number of hydrogen-bond donors (Lipinski definition) is 3. The largest absolute Gasteiger partial charge is 0.504 e. The van der Waals surface area contributed by atoms with Gasteiger partial charge in [0, 0.05) is 17.1 Å². The minimum atomic E-state index is -1.13. The summed E-state index contributed by atoms with van der Waals surface area (Å²) in [5.41, 5.74) is 2.56. The van der Waals surface area contributed by atoms with Crippen molar-refractivity contribution in [1.82, 2.24) is 9.97 Å². The molecule has 0 amide bonds. The molecule has 2 aromatic carbocycles. The van der Waals surface area contributed by atoms with Crippen molar-refractivity contribution in [3.8, 4) is 11.5 Å². The number of carboxylic acids is 1. The first-order valence-corrected chi connectivity index (χ1v) is 8.44. The fourth-order valence-electron chi connectivity index (χ4n) is 2.63.